The third kappa shape index (κ3) is 3.26. The molecule has 3 nitrogen and oxygen atoms in total. The summed E-state index contributed by atoms with van der Waals surface area (Å²) in [7, 11) is -3.51. The molecule has 2 aromatic rings. The van der Waals surface area contributed by atoms with Crippen molar-refractivity contribution in [1.29, 1.82) is 0 Å². The van der Waals surface area contributed by atoms with Gasteiger partial charge in [-0.3, -0.25) is 0 Å². The first-order valence-electron chi connectivity index (χ1n) is 7.35. The number of halogens is 1. The van der Waals surface area contributed by atoms with Crippen molar-refractivity contribution in [2.75, 3.05) is 0 Å². The van der Waals surface area contributed by atoms with Crippen LogP contribution in [0.5, 0.6) is 0 Å². The van der Waals surface area contributed by atoms with Gasteiger partial charge >= 0.3 is 0 Å². The molecule has 0 fully saturated rings. The first-order chi connectivity index (χ1) is 10.5. The normalized spacial score (nSPS) is 15.5. The molecule has 0 aliphatic heterocycles. The van der Waals surface area contributed by atoms with E-state index in [1.165, 1.54) is 17.5 Å². The van der Waals surface area contributed by atoms with E-state index < -0.39 is 10.0 Å². The lowest BCUT2D eigenvalue weighted by Crippen LogP contribution is -2.27. The molecule has 0 saturated carbocycles. The van der Waals surface area contributed by atoms with E-state index in [-0.39, 0.29) is 10.9 Å². The molecule has 1 atom stereocenters. The molecule has 1 unspecified atom stereocenters. The predicted molar refractivity (Wildman–Crippen MR) is 91.3 cm³/mol. The van der Waals surface area contributed by atoms with Crippen LogP contribution in [-0.4, -0.2) is 8.42 Å². The number of nitrogens with one attached hydrogen (secondary N) is 1. The van der Waals surface area contributed by atoms with Crippen LogP contribution < -0.4 is 4.72 Å². The van der Waals surface area contributed by atoms with Gasteiger partial charge in [-0.25, -0.2) is 13.1 Å². The average molecular weight is 380 g/mol. The minimum Gasteiger partial charge on any atom is -0.207 e. The highest BCUT2D eigenvalue weighted by molar-refractivity contribution is 9.10. The molecule has 22 heavy (non-hydrogen) atoms. The Bertz CT molecular complexity index is 785. The minimum absolute atomic E-state index is 0.250. The van der Waals surface area contributed by atoms with Gasteiger partial charge in [-0.1, -0.05) is 34.1 Å². The summed E-state index contributed by atoms with van der Waals surface area (Å²) in [6.07, 6.45) is 3.42. The van der Waals surface area contributed by atoms with Crippen molar-refractivity contribution < 1.29 is 8.42 Å². The van der Waals surface area contributed by atoms with E-state index in [0.29, 0.717) is 0 Å². The van der Waals surface area contributed by atoms with Gasteiger partial charge in [0.15, 0.2) is 0 Å². The SMILES string of the molecule is CC(NS(=O)(=O)c1ccc(Br)cc1)c1ccc2c(c1)CCC2. The van der Waals surface area contributed by atoms with Gasteiger partial charge in [0.2, 0.25) is 10.0 Å². The quantitative estimate of drug-likeness (QED) is 0.872. The molecule has 5 heteroatoms. The molecule has 0 heterocycles. The zero-order valence-corrected chi connectivity index (χ0v) is 14.7. The smallest absolute Gasteiger partial charge is 0.207 e. The van der Waals surface area contributed by atoms with E-state index in [2.05, 4.69) is 32.8 Å². The Labute approximate surface area is 139 Å². The summed E-state index contributed by atoms with van der Waals surface area (Å²) in [6.45, 7) is 1.88. The molecule has 0 spiro atoms. The number of hydrogen-bond acceptors (Lipinski definition) is 2. The van der Waals surface area contributed by atoms with Crippen molar-refractivity contribution in [2.45, 2.75) is 37.1 Å². The fourth-order valence-corrected chi connectivity index (χ4v) is 4.34. The zero-order chi connectivity index (χ0) is 15.7. The van der Waals surface area contributed by atoms with E-state index in [1.54, 1.807) is 24.3 Å². The second-order valence-electron chi connectivity index (χ2n) is 5.68. The van der Waals surface area contributed by atoms with Crippen molar-refractivity contribution in [1.82, 2.24) is 4.72 Å². The molecule has 1 aliphatic rings. The lowest BCUT2D eigenvalue weighted by atomic mass is 10.0. The van der Waals surface area contributed by atoms with E-state index in [9.17, 15) is 8.42 Å². The van der Waals surface area contributed by atoms with Crippen molar-refractivity contribution in [2.24, 2.45) is 0 Å². The fourth-order valence-electron chi connectivity index (χ4n) is 2.84. The third-order valence-corrected chi connectivity index (χ3v) is 6.16. The lowest BCUT2D eigenvalue weighted by molar-refractivity contribution is 0.567. The molecule has 2 aromatic carbocycles. The Morgan fingerprint density at radius 2 is 1.73 bits per heavy atom. The minimum atomic E-state index is -3.51. The third-order valence-electron chi connectivity index (χ3n) is 4.08. The lowest BCUT2D eigenvalue weighted by Gasteiger charge is -2.16. The highest BCUT2D eigenvalue weighted by Crippen LogP contribution is 2.26. The van der Waals surface area contributed by atoms with Crippen LogP contribution in [0.25, 0.3) is 0 Å². The molecule has 1 aliphatic carbocycles. The predicted octanol–water partition coefficient (Wildman–Crippen LogP) is 3.98. The Kier molecular flexibility index (Phi) is 4.39. The van der Waals surface area contributed by atoms with Gasteiger partial charge in [-0.2, -0.15) is 0 Å². The van der Waals surface area contributed by atoms with Gasteiger partial charge in [-0.05, 0) is 67.1 Å². The highest BCUT2D eigenvalue weighted by Gasteiger charge is 2.19. The van der Waals surface area contributed by atoms with Crippen LogP contribution in [0, 0.1) is 0 Å². The molecule has 0 radical (unpaired) electrons. The monoisotopic (exact) mass is 379 g/mol. The van der Waals surface area contributed by atoms with Crippen LogP contribution in [-0.2, 0) is 22.9 Å². The number of aryl methyl sites for hydroxylation is 2. The molecule has 0 amide bonds. The van der Waals surface area contributed by atoms with Gasteiger partial charge in [0.1, 0.15) is 0 Å². The molecule has 0 aromatic heterocycles. The Balaban J connectivity index is 1.81. The second kappa shape index (κ2) is 6.14. The largest absolute Gasteiger partial charge is 0.241 e. The standard InChI is InChI=1S/C17H18BrNO2S/c1-12(14-6-5-13-3-2-4-15(13)11-14)19-22(20,21)17-9-7-16(18)8-10-17/h5-12,19H,2-4H2,1H3. The van der Waals surface area contributed by atoms with Gasteiger partial charge < -0.3 is 0 Å². The van der Waals surface area contributed by atoms with Crippen molar-refractivity contribution in [3.05, 3.63) is 63.6 Å². The summed E-state index contributed by atoms with van der Waals surface area (Å²) in [6, 6.07) is 12.7. The second-order valence-corrected chi connectivity index (χ2v) is 8.31. The molecule has 0 saturated heterocycles. The summed E-state index contributed by atoms with van der Waals surface area (Å²) >= 11 is 3.31. The van der Waals surface area contributed by atoms with Gasteiger partial charge in [0.05, 0.1) is 4.90 Å². The van der Waals surface area contributed by atoms with Gasteiger partial charge in [-0.15, -0.1) is 0 Å². The first kappa shape index (κ1) is 15.7. The summed E-state index contributed by atoms with van der Waals surface area (Å²) in [4.78, 5) is 0.281. The number of rotatable bonds is 4. The Morgan fingerprint density at radius 1 is 1.05 bits per heavy atom. The van der Waals surface area contributed by atoms with E-state index in [0.717, 1.165) is 22.9 Å². The maximum Gasteiger partial charge on any atom is 0.241 e. The van der Waals surface area contributed by atoms with E-state index >= 15 is 0 Å². The first-order valence-corrected chi connectivity index (χ1v) is 9.63. The molecular weight excluding hydrogens is 362 g/mol. The van der Waals surface area contributed by atoms with Crippen LogP contribution in [0.1, 0.15) is 36.1 Å². The summed E-state index contributed by atoms with van der Waals surface area (Å²) in [5.74, 6) is 0. The Morgan fingerprint density at radius 3 is 2.45 bits per heavy atom. The van der Waals surface area contributed by atoms with Crippen LogP contribution in [0.15, 0.2) is 51.8 Å². The highest BCUT2D eigenvalue weighted by atomic mass is 79.9. The Hall–Kier alpha value is -1.17. The molecular formula is C17H18BrNO2S. The molecule has 1 N–H and O–H groups in total. The number of benzene rings is 2. The summed E-state index contributed by atoms with van der Waals surface area (Å²) < 4.78 is 28.5. The van der Waals surface area contributed by atoms with E-state index in [1.807, 2.05) is 13.0 Å². The van der Waals surface area contributed by atoms with Crippen LogP contribution in [0.2, 0.25) is 0 Å². The average Bonchev–Trinajstić information content (AvgIpc) is 2.94. The van der Waals surface area contributed by atoms with Gasteiger partial charge in [0.25, 0.3) is 0 Å². The molecule has 116 valence electrons. The van der Waals surface area contributed by atoms with Crippen molar-refractivity contribution >= 4 is 26.0 Å². The van der Waals surface area contributed by atoms with Crippen molar-refractivity contribution in [3.8, 4) is 0 Å². The van der Waals surface area contributed by atoms with E-state index in [4.69, 9.17) is 0 Å². The maximum atomic E-state index is 12.4. The van der Waals surface area contributed by atoms with Crippen LogP contribution in [0.3, 0.4) is 0 Å². The maximum absolute atomic E-state index is 12.4. The van der Waals surface area contributed by atoms with Crippen LogP contribution in [0.4, 0.5) is 0 Å². The summed E-state index contributed by atoms with van der Waals surface area (Å²) in [5, 5.41) is 0. The number of hydrogen-bond donors (Lipinski definition) is 1. The number of sulfonamides is 1. The zero-order valence-electron chi connectivity index (χ0n) is 12.3. The summed E-state index contributed by atoms with van der Waals surface area (Å²) in [5.41, 5.74) is 3.76. The molecule has 3 rings (SSSR count). The number of fused-ring (bicyclic) bond motifs is 1. The van der Waals surface area contributed by atoms with Crippen molar-refractivity contribution in [3.63, 3.8) is 0 Å². The molecule has 0 bridgehead atoms. The fraction of sp³-hybridized carbons (Fsp3) is 0.294. The van der Waals surface area contributed by atoms with Gasteiger partial charge in [0, 0.05) is 10.5 Å². The van der Waals surface area contributed by atoms with Crippen LogP contribution >= 0.6 is 15.9 Å². The topological polar surface area (TPSA) is 46.2 Å².